The van der Waals surface area contributed by atoms with Gasteiger partial charge in [-0.2, -0.15) is 0 Å². The minimum atomic E-state index is 0.145. The highest BCUT2D eigenvalue weighted by molar-refractivity contribution is 9.10. The zero-order valence-corrected chi connectivity index (χ0v) is 11.5. The second-order valence-electron chi connectivity index (χ2n) is 4.48. The van der Waals surface area contributed by atoms with Gasteiger partial charge in [-0.15, -0.1) is 0 Å². The predicted molar refractivity (Wildman–Crippen MR) is 73.2 cm³/mol. The third kappa shape index (κ3) is 4.04. The van der Waals surface area contributed by atoms with Crippen LogP contribution in [0.4, 0.5) is 5.69 Å². The molecule has 0 radical (unpaired) electrons. The number of benzene rings is 1. The Morgan fingerprint density at radius 3 is 2.88 bits per heavy atom. The van der Waals surface area contributed by atoms with Crippen LogP contribution in [-0.4, -0.2) is 18.5 Å². The Labute approximate surface area is 110 Å². The van der Waals surface area contributed by atoms with E-state index in [0.29, 0.717) is 19.0 Å². The molecule has 0 bridgehead atoms. The number of carbonyl (C=O) groups excluding carboxylic acids is 1. The fourth-order valence-electron chi connectivity index (χ4n) is 1.55. The van der Waals surface area contributed by atoms with Gasteiger partial charge in [0.05, 0.1) is 0 Å². The molecule has 92 valence electrons. The van der Waals surface area contributed by atoms with Gasteiger partial charge in [0.2, 0.25) is 5.91 Å². The van der Waals surface area contributed by atoms with Crippen molar-refractivity contribution in [2.75, 3.05) is 11.9 Å². The lowest BCUT2D eigenvalue weighted by Crippen LogP contribution is -2.27. The van der Waals surface area contributed by atoms with Crippen LogP contribution in [0.3, 0.4) is 0 Å². The summed E-state index contributed by atoms with van der Waals surface area (Å²) < 4.78 is 1.09. The van der Waals surface area contributed by atoms with Gasteiger partial charge in [-0.05, 0) is 37.5 Å². The highest BCUT2D eigenvalue weighted by atomic mass is 79.9. The summed E-state index contributed by atoms with van der Waals surface area (Å²) in [5.41, 5.74) is 2.25. The molecule has 2 N–H and O–H groups in total. The van der Waals surface area contributed by atoms with E-state index in [9.17, 15) is 4.79 Å². The van der Waals surface area contributed by atoms with Gasteiger partial charge >= 0.3 is 0 Å². The minimum Gasteiger partial charge on any atom is -0.384 e. The van der Waals surface area contributed by atoms with Crippen LogP contribution in [0.15, 0.2) is 22.7 Å². The molecule has 0 aromatic heterocycles. The van der Waals surface area contributed by atoms with E-state index in [2.05, 4.69) is 39.6 Å². The third-order valence-corrected chi connectivity index (χ3v) is 3.65. The van der Waals surface area contributed by atoms with Crippen molar-refractivity contribution in [2.45, 2.75) is 32.2 Å². The Bertz CT molecular complexity index is 416. The van der Waals surface area contributed by atoms with Crippen molar-refractivity contribution in [2.24, 2.45) is 0 Å². The van der Waals surface area contributed by atoms with Gasteiger partial charge in [0, 0.05) is 29.2 Å². The zero-order valence-electron chi connectivity index (χ0n) is 9.92. The third-order valence-electron chi connectivity index (χ3n) is 2.80. The summed E-state index contributed by atoms with van der Waals surface area (Å²) >= 11 is 3.49. The lowest BCUT2D eigenvalue weighted by atomic mass is 10.2. The van der Waals surface area contributed by atoms with Crippen LogP contribution in [0.1, 0.15) is 24.8 Å². The number of carbonyl (C=O) groups is 1. The first kappa shape index (κ1) is 12.4. The minimum absolute atomic E-state index is 0.145. The van der Waals surface area contributed by atoms with Crippen LogP contribution in [0.2, 0.25) is 0 Å². The van der Waals surface area contributed by atoms with E-state index in [1.54, 1.807) is 0 Å². The smallest absolute Gasteiger partial charge is 0.221 e. The van der Waals surface area contributed by atoms with Crippen LogP contribution in [-0.2, 0) is 4.79 Å². The second kappa shape index (κ2) is 5.54. The topological polar surface area (TPSA) is 41.1 Å². The van der Waals surface area contributed by atoms with Crippen LogP contribution >= 0.6 is 15.9 Å². The Kier molecular flexibility index (Phi) is 4.05. The molecule has 1 aromatic rings. The number of aryl methyl sites for hydroxylation is 1. The van der Waals surface area contributed by atoms with Gasteiger partial charge in [0.25, 0.3) is 0 Å². The molecule has 0 aliphatic heterocycles. The van der Waals surface area contributed by atoms with E-state index in [1.807, 2.05) is 12.1 Å². The molecule has 3 nitrogen and oxygen atoms in total. The SMILES string of the molecule is Cc1ccc(NCCC(=O)NC2CC2)cc1Br. The molecule has 4 heteroatoms. The van der Waals surface area contributed by atoms with Crippen molar-refractivity contribution in [3.63, 3.8) is 0 Å². The lowest BCUT2D eigenvalue weighted by Gasteiger charge is -2.08. The number of halogens is 1. The van der Waals surface area contributed by atoms with E-state index in [4.69, 9.17) is 0 Å². The lowest BCUT2D eigenvalue weighted by molar-refractivity contribution is -0.120. The molecule has 1 amide bonds. The molecular formula is C13H17BrN2O. The summed E-state index contributed by atoms with van der Waals surface area (Å²) in [6.07, 6.45) is 2.82. The molecule has 0 heterocycles. The van der Waals surface area contributed by atoms with E-state index < -0.39 is 0 Å². The number of amides is 1. The molecule has 0 saturated heterocycles. The number of nitrogens with one attached hydrogen (secondary N) is 2. The van der Waals surface area contributed by atoms with Gasteiger partial charge in [-0.25, -0.2) is 0 Å². The fraction of sp³-hybridized carbons (Fsp3) is 0.462. The van der Waals surface area contributed by atoms with Crippen molar-refractivity contribution >= 4 is 27.5 Å². The highest BCUT2D eigenvalue weighted by Gasteiger charge is 2.22. The van der Waals surface area contributed by atoms with Crippen LogP contribution < -0.4 is 10.6 Å². The summed E-state index contributed by atoms with van der Waals surface area (Å²) in [6, 6.07) is 6.57. The number of hydrogen-bond donors (Lipinski definition) is 2. The maximum absolute atomic E-state index is 11.4. The maximum Gasteiger partial charge on any atom is 0.221 e. The summed E-state index contributed by atoms with van der Waals surface area (Å²) in [5.74, 6) is 0.145. The first-order valence-electron chi connectivity index (χ1n) is 5.94. The van der Waals surface area contributed by atoms with Gasteiger partial charge in [-0.1, -0.05) is 22.0 Å². The molecule has 0 atom stereocenters. The predicted octanol–water partition coefficient (Wildman–Crippen LogP) is 2.84. The average Bonchev–Trinajstić information content (AvgIpc) is 3.07. The summed E-state index contributed by atoms with van der Waals surface area (Å²) in [7, 11) is 0. The van der Waals surface area contributed by atoms with Crippen LogP contribution in [0.25, 0.3) is 0 Å². The monoisotopic (exact) mass is 296 g/mol. The van der Waals surface area contributed by atoms with Crippen LogP contribution in [0, 0.1) is 6.92 Å². The summed E-state index contributed by atoms with van der Waals surface area (Å²) in [5, 5.41) is 6.22. The molecule has 0 spiro atoms. The molecule has 1 fully saturated rings. The van der Waals surface area contributed by atoms with Crippen molar-refractivity contribution in [3.8, 4) is 0 Å². The Balaban J connectivity index is 1.73. The molecule has 1 saturated carbocycles. The quantitative estimate of drug-likeness (QED) is 0.877. The van der Waals surface area contributed by atoms with Crippen LogP contribution in [0.5, 0.6) is 0 Å². The first-order chi connectivity index (χ1) is 8.15. The van der Waals surface area contributed by atoms with Crippen molar-refractivity contribution in [1.82, 2.24) is 5.32 Å². The standard InChI is InChI=1S/C13H17BrN2O/c1-9-2-3-11(8-12(9)14)15-7-6-13(17)16-10-4-5-10/h2-3,8,10,15H,4-7H2,1H3,(H,16,17). The number of anilines is 1. The zero-order chi connectivity index (χ0) is 12.3. The largest absolute Gasteiger partial charge is 0.384 e. The van der Waals surface area contributed by atoms with E-state index >= 15 is 0 Å². The highest BCUT2D eigenvalue weighted by Crippen LogP contribution is 2.21. The molecular weight excluding hydrogens is 280 g/mol. The van der Waals surface area contributed by atoms with Gasteiger partial charge < -0.3 is 10.6 Å². The number of hydrogen-bond acceptors (Lipinski definition) is 2. The molecule has 1 aromatic carbocycles. The average molecular weight is 297 g/mol. The van der Waals surface area contributed by atoms with E-state index in [1.165, 1.54) is 5.56 Å². The normalized spacial score (nSPS) is 14.5. The number of rotatable bonds is 5. The van der Waals surface area contributed by atoms with Crippen molar-refractivity contribution < 1.29 is 4.79 Å². The Morgan fingerprint density at radius 1 is 1.47 bits per heavy atom. The van der Waals surface area contributed by atoms with Gasteiger partial charge in [-0.3, -0.25) is 4.79 Å². The molecule has 1 aliphatic carbocycles. The summed E-state index contributed by atoms with van der Waals surface area (Å²) in [4.78, 5) is 11.4. The van der Waals surface area contributed by atoms with E-state index in [-0.39, 0.29) is 5.91 Å². The molecule has 1 aliphatic rings. The Hall–Kier alpha value is -1.03. The van der Waals surface area contributed by atoms with Crippen molar-refractivity contribution in [3.05, 3.63) is 28.2 Å². The maximum atomic E-state index is 11.4. The molecule has 17 heavy (non-hydrogen) atoms. The Morgan fingerprint density at radius 2 is 2.24 bits per heavy atom. The second-order valence-corrected chi connectivity index (χ2v) is 5.34. The fourth-order valence-corrected chi connectivity index (χ4v) is 1.93. The van der Waals surface area contributed by atoms with Gasteiger partial charge in [0.15, 0.2) is 0 Å². The van der Waals surface area contributed by atoms with Crippen molar-refractivity contribution in [1.29, 1.82) is 0 Å². The molecule has 0 unspecified atom stereocenters. The summed E-state index contributed by atoms with van der Waals surface area (Å²) in [6.45, 7) is 2.73. The van der Waals surface area contributed by atoms with E-state index in [0.717, 1.165) is 23.0 Å². The first-order valence-corrected chi connectivity index (χ1v) is 6.74. The van der Waals surface area contributed by atoms with Gasteiger partial charge in [0.1, 0.15) is 0 Å². The molecule has 2 rings (SSSR count).